The number of nitrogens with one attached hydrogen (secondary N) is 1. The van der Waals surface area contributed by atoms with Crippen LogP contribution in [-0.4, -0.2) is 64.2 Å². The van der Waals surface area contributed by atoms with Gasteiger partial charge in [0.15, 0.2) is 0 Å². The van der Waals surface area contributed by atoms with Gasteiger partial charge in [0.25, 0.3) is 0 Å². The van der Waals surface area contributed by atoms with Crippen LogP contribution < -0.4 is 19.1 Å². The predicted molar refractivity (Wildman–Crippen MR) is 158 cm³/mol. The Bertz CT molecular complexity index is 1280. The second-order valence-electron chi connectivity index (χ2n) is 9.80. The number of hydrogen-bond acceptors (Lipinski definition) is 6. The highest BCUT2D eigenvalue weighted by atomic mass is 35.5. The predicted octanol–water partition coefficient (Wildman–Crippen LogP) is 5.03. The summed E-state index contributed by atoms with van der Waals surface area (Å²) < 4.78 is 37.6. The number of carbonyl (C=O) groups is 2. The summed E-state index contributed by atoms with van der Waals surface area (Å²) in [5.41, 5.74) is 0.598. The van der Waals surface area contributed by atoms with Gasteiger partial charge in [-0.3, -0.25) is 13.9 Å². The van der Waals surface area contributed by atoms with Crippen LogP contribution >= 0.6 is 23.2 Å². The summed E-state index contributed by atoms with van der Waals surface area (Å²) in [5.74, 6) is -0.274. The van der Waals surface area contributed by atoms with Gasteiger partial charge in [0, 0.05) is 34.3 Å². The topological polar surface area (TPSA) is 105 Å². The Hall–Kier alpha value is -2.69. The normalized spacial score (nSPS) is 14.8. The number of methoxy groups -OCH3 is 2. The maximum atomic E-state index is 14.0. The summed E-state index contributed by atoms with van der Waals surface area (Å²) in [6.07, 6.45) is 6.26. The monoisotopic (exact) mass is 613 g/mol. The van der Waals surface area contributed by atoms with Crippen molar-refractivity contribution in [2.75, 3.05) is 31.3 Å². The van der Waals surface area contributed by atoms with Crippen LogP contribution in [0.5, 0.6) is 11.5 Å². The molecule has 40 heavy (non-hydrogen) atoms. The van der Waals surface area contributed by atoms with E-state index >= 15 is 0 Å². The molecule has 1 aliphatic carbocycles. The number of amides is 2. The fourth-order valence-corrected chi connectivity index (χ4v) is 6.27. The highest BCUT2D eigenvalue weighted by Gasteiger charge is 2.34. The van der Waals surface area contributed by atoms with E-state index in [-0.39, 0.29) is 29.9 Å². The number of carbonyl (C=O) groups excluding carboxylic acids is 2. The first-order valence-corrected chi connectivity index (χ1v) is 15.8. The zero-order valence-corrected chi connectivity index (χ0v) is 25.6. The molecule has 2 aromatic rings. The van der Waals surface area contributed by atoms with E-state index in [1.54, 1.807) is 37.3 Å². The number of rotatable bonds is 12. The Kier molecular flexibility index (Phi) is 11.4. The van der Waals surface area contributed by atoms with Crippen LogP contribution in [-0.2, 0) is 26.2 Å². The van der Waals surface area contributed by atoms with Crippen LogP contribution in [0.25, 0.3) is 0 Å². The van der Waals surface area contributed by atoms with Gasteiger partial charge >= 0.3 is 0 Å². The third-order valence-electron chi connectivity index (χ3n) is 7.06. The molecule has 3 rings (SSSR count). The fraction of sp³-hybridized carbons (Fsp3) is 0.500. The van der Waals surface area contributed by atoms with Crippen LogP contribution in [0, 0.1) is 0 Å². The van der Waals surface area contributed by atoms with Crippen molar-refractivity contribution in [2.24, 2.45) is 0 Å². The number of anilines is 1. The van der Waals surface area contributed by atoms with Gasteiger partial charge in [0.1, 0.15) is 24.1 Å². The van der Waals surface area contributed by atoms with E-state index in [0.29, 0.717) is 27.8 Å². The molecule has 0 aromatic heterocycles. The van der Waals surface area contributed by atoms with Gasteiger partial charge in [-0.1, -0.05) is 55.5 Å². The quantitative estimate of drug-likeness (QED) is 0.360. The Morgan fingerprint density at radius 2 is 1.70 bits per heavy atom. The molecule has 1 atom stereocenters. The van der Waals surface area contributed by atoms with Gasteiger partial charge < -0.3 is 19.7 Å². The highest BCUT2D eigenvalue weighted by molar-refractivity contribution is 7.92. The lowest BCUT2D eigenvalue weighted by molar-refractivity contribution is -0.140. The third kappa shape index (κ3) is 7.95. The summed E-state index contributed by atoms with van der Waals surface area (Å²) in [6.45, 7) is 1.14. The number of ether oxygens (including phenoxy) is 2. The first kappa shape index (κ1) is 31.8. The molecular formula is C28H37Cl2N3O6S. The van der Waals surface area contributed by atoms with Crippen molar-refractivity contribution in [3.63, 3.8) is 0 Å². The van der Waals surface area contributed by atoms with Crippen molar-refractivity contribution >= 4 is 50.7 Å². The molecule has 0 heterocycles. The van der Waals surface area contributed by atoms with E-state index in [0.717, 1.165) is 42.7 Å². The van der Waals surface area contributed by atoms with E-state index < -0.39 is 28.5 Å². The molecule has 1 saturated carbocycles. The van der Waals surface area contributed by atoms with Crippen LogP contribution in [0.3, 0.4) is 0 Å². The smallest absolute Gasteiger partial charge is 0.244 e. The molecule has 0 radical (unpaired) electrons. The number of halogens is 2. The van der Waals surface area contributed by atoms with Crippen molar-refractivity contribution in [1.29, 1.82) is 0 Å². The zero-order chi connectivity index (χ0) is 29.4. The SMILES string of the molecule is CC[C@@H](C(=O)NC1CCCCC1)N(Cc1c(Cl)cccc1Cl)C(=O)CN(c1cc(OC)ccc1OC)S(C)(=O)=O. The lowest BCUT2D eigenvalue weighted by Gasteiger charge is -2.34. The van der Waals surface area contributed by atoms with Crippen molar-refractivity contribution in [3.05, 3.63) is 52.0 Å². The Labute approximate surface area is 246 Å². The minimum absolute atomic E-state index is 0.0321. The first-order chi connectivity index (χ1) is 19.0. The van der Waals surface area contributed by atoms with Gasteiger partial charge in [0.2, 0.25) is 21.8 Å². The van der Waals surface area contributed by atoms with Gasteiger partial charge in [-0.25, -0.2) is 8.42 Å². The molecule has 12 heteroatoms. The second kappa shape index (κ2) is 14.3. The molecule has 0 aliphatic heterocycles. The molecule has 1 fully saturated rings. The largest absolute Gasteiger partial charge is 0.497 e. The van der Waals surface area contributed by atoms with Gasteiger partial charge in [0.05, 0.1) is 26.2 Å². The van der Waals surface area contributed by atoms with Crippen LogP contribution in [0.2, 0.25) is 10.0 Å². The molecule has 0 saturated heterocycles. The van der Waals surface area contributed by atoms with Crippen LogP contribution in [0.1, 0.15) is 51.0 Å². The molecule has 0 bridgehead atoms. The zero-order valence-electron chi connectivity index (χ0n) is 23.3. The van der Waals surface area contributed by atoms with Crippen LogP contribution in [0.15, 0.2) is 36.4 Å². The fourth-order valence-electron chi connectivity index (χ4n) is 4.90. The van der Waals surface area contributed by atoms with E-state index in [4.69, 9.17) is 32.7 Å². The Morgan fingerprint density at radius 1 is 1.05 bits per heavy atom. The van der Waals surface area contributed by atoms with Crippen molar-refractivity contribution in [1.82, 2.24) is 10.2 Å². The van der Waals surface area contributed by atoms with Crippen molar-refractivity contribution < 1.29 is 27.5 Å². The second-order valence-corrected chi connectivity index (χ2v) is 12.5. The lowest BCUT2D eigenvalue weighted by atomic mass is 9.95. The molecular weight excluding hydrogens is 577 g/mol. The van der Waals surface area contributed by atoms with E-state index in [1.807, 2.05) is 0 Å². The van der Waals surface area contributed by atoms with Crippen molar-refractivity contribution in [3.8, 4) is 11.5 Å². The Balaban J connectivity index is 2.02. The number of sulfonamides is 1. The number of nitrogens with zero attached hydrogens (tertiary/aromatic N) is 2. The Morgan fingerprint density at radius 3 is 2.25 bits per heavy atom. The average molecular weight is 615 g/mol. The highest BCUT2D eigenvalue weighted by Crippen LogP contribution is 2.34. The van der Waals surface area contributed by atoms with E-state index in [2.05, 4.69) is 5.32 Å². The number of benzene rings is 2. The molecule has 2 aromatic carbocycles. The molecule has 1 N–H and O–H groups in total. The minimum Gasteiger partial charge on any atom is -0.497 e. The molecule has 0 spiro atoms. The van der Waals surface area contributed by atoms with Gasteiger partial charge in [-0.15, -0.1) is 0 Å². The molecule has 2 amide bonds. The molecule has 0 unspecified atom stereocenters. The first-order valence-electron chi connectivity index (χ1n) is 13.2. The van der Waals surface area contributed by atoms with Crippen molar-refractivity contribution in [2.45, 2.75) is 64.1 Å². The summed E-state index contributed by atoms with van der Waals surface area (Å²) >= 11 is 12.9. The molecule has 220 valence electrons. The van der Waals surface area contributed by atoms with Gasteiger partial charge in [-0.05, 0) is 43.5 Å². The lowest BCUT2D eigenvalue weighted by Crippen LogP contribution is -2.54. The average Bonchev–Trinajstić information content (AvgIpc) is 2.92. The summed E-state index contributed by atoms with van der Waals surface area (Å²) in [6, 6.07) is 8.81. The number of hydrogen-bond donors (Lipinski definition) is 1. The summed E-state index contributed by atoms with van der Waals surface area (Å²) in [5, 5.41) is 3.77. The van der Waals surface area contributed by atoms with E-state index in [9.17, 15) is 18.0 Å². The van der Waals surface area contributed by atoms with Gasteiger partial charge in [-0.2, -0.15) is 0 Å². The summed E-state index contributed by atoms with van der Waals surface area (Å²) in [7, 11) is -1.11. The molecule has 9 nitrogen and oxygen atoms in total. The van der Waals surface area contributed by atoms with E-state index in [1.165, 1.54) is 25.2 Å². The standard InChI is InChI=1S/C28H37Cl2N3O6S/c1-5-24(28(35)31-19-10-7-6-8-11-19)32(17-21-22(29)12-9-13-23(21)30)27(34)18-33(40(4,36)37)25-16-20(38-2)14-15-26(25)39-3/h9,12-16,19,24H,5-8,10-11,17-18H2,1-4H3,(H,31,35)/t24-/m0/s1. The molecule has 1 aliphatic rings. The third-order valence-corrected chi connectivity index (χ3v) is 8.90. The maximum Gasteiger partial charge on any atom is 0.244 e. The summed E-state index contributed by atoms with van der Waals surface area (Å²) in [4.78, 5) is 28.9. The minimum atomic E-state index is -3.97. The maximum absolute atomic E-state index is 14.0. The van der Waals surface area contributed by atoms with Crippen LogP contribution in [0.4, 0.5) is 5.69 Å².